The van der Waals surface area contributed by atoms with Crippen LogP contribution in [0, 0.1) is 0 Å². The number of rotatable bonds is 5. The molecule has 118 valence electrons. The molecule has 6 heteroatoms. The number of benzene rings is 2. The number of hydrogen-bond acceptors (Lipinski definition) is 5. The van der Waals surface area contributed by atoms with Crippen LogP contribution in [-0.2, 0) is 16.1 Å². The summed E-state index contributed by atoms with van der Waals surface area (Å²) in [4.78, 5) is 23.5. The van der Waals surface area contributed by atoms with Crippen molar-refractivity contribution in [3.05, 3.63) is 58.2 Å². The zero-order chi connectivity index (χ0) is 16.2. The molecule has 0 bridgehead atoms. The number of carbonyl (C=O) groups excluding carboxylic acids is 1. The van der Waals surface area contributed by atoms with Crippen LogP contribution in [0.15, 0.2) is 53.3 Å². The highest BCUT2D eigenvalue weighted by Gasteiger charge is 2.12. The Labute approximate surface area is 136 Å². The molecule has 0 spiro atoms. The Bertz CT molecular complexity index is 882. The van der Waals surface area contributed by atoms with Gasteiger partial charge >= 0.3 is 10.8 Å². The summed E-state index contributed by atoms with van der Waals surface area (Å²) < 4.78 is 12.9. The first-order valence-electron chi connectivity index (χ1n) is 7.19. The first-order chi connectivity index (χ1) is 11.2. The van der Waals surface area contributed by atoms with Crippen molar-refractivity contribution in [2.45, 2.75) is 13.5 Å². The molecule has 0 saturated carbocycles. The number of carbonyl (C=O) groups is 1. The van der Waals surface area contributed by atoms with Gasteiger partial charge in [-0.25, -0.2) is 0 Å². The van der Waals surface area contributed by atoms with Crippen molar-refractivity contribution < 1.29 is 14.3 Å². The number of ether oxygens (including phenoxy) is 2. The van der Waals surface area contributed by atoms with E-state index in [4.69, 9.17) is 9.47 Å². The summed E-state index contributed by atoms with van der Waals surface area (Å²) in [6, 6.07) is 14.8. The van der Waals surface area contributed by atoms with E-state index in [2.05, 4.69) is 0 Å². The lowest BCUT2D eigenvalue weighted by molar-refractivity contribution is -0.143. The highest BCUT2D eigenvalue weighted by Crippen LogP contribution is 2.27. The van der Waals surface area contributed by atoms with Gasteiger partial charge in [-0.1, -0.05) is 29.5 Å². The van der Waals surface area contributed by atoms with E-state index in [0.717, 1.165) is 21.8 Å². The van der Waals surface area contributed by atoms with Crippen molar-refractivity contribution in [3.63, 3.8) is 0 Å². The van der Waals surface area contributed by atoms with Crippen LogP contribution in [0.5, 0.6) is 11.5 Å². The molecule has 0 unspecified atom stereocenters. The lowest BCUT2D eigenvalue weighted by atomic mass is 10.3. The molecule has 0 N–H and O–H groups in total. The molecule has 23 heavy (non-hydrogen) atoms. The molecule has 3 aromatic rings. The Hall–Kier alpha value is -2.60. The zero-order valence-corrected chi connectivity index (χ0v) is 13.3. The van der Waals surface area contributed by atoms with Crippen LogP contribution in [0.2, 0.25) is 0 Å². The van der Waals surface area contributed by atoms with Crippen molar-refractivity contribution in [1.29, 1.82) is 0 Å². The Morgan fingerprint density at radius 2 is 1.91 bits per heavy atom. The first kappa shape index (κ1) is 15.3. The van der Waals surface area contributed by atoms with Crippen molar-refractivity contribution in [3.8, 4) is 11.5 Å². The Morgan fingerprint density at radius 1 is 1.13 bits per heavy atom. The summed E-state index contributed by atoms with van der Waals surface area (Å²) >= 11 is 1.08. The van der Waals surface area contributed by atoms with Gasteiger partial charge in [-0.05, 0) is 31.2 Å². The molecule has 0 fully saturated rings. The topological polar surface area (TPSA) is 57.5 Å². The lowest BCUT2D eigenvalue weighted by Gasteiger charge is -2.06. The van der Waals surface area contributed by atoms with E-state index in [1.54, 1.807) is 25.1 Å². The van der Waals surface area contributed by atoms with Gasteiger partial charge in [-0.3, -0.25) is 14.2 Å². The second-order valence-corrected chi connectivity index (χ2v) is 5.80. The summed E-state index contributed by atoms with van der Waals surface area (Å²) in [5, 5.41) is 0. The third-order valence-electron chi connectivity index (χ3n) is 3.21. The second kappa shape index (κ2) is 6.66. The average Bonchev–Trinajstić information content (AvgIpc) is 2.84. The maximum absolute atomic E-state index is 12.1. The van der Waals surface area contributed by atoms with Gasteiger partial charge in [0, 0.05) is 6.07 Å². The second-order valence-electron chi connectivity index (χ2n) is 4.80. The van der Waals surface area contributed by atoms with Crippen molar-refractivity contribution in [1.82, 2.24) is 4.57 Å². The fraction of sp³-hybridized carbons (Fsp3) is 0.176. The predicted molar refractivity (Wildman–Crippen MR) is 89.2 cm³/mol. The lowest BCUT2D eigenvalue weighted by Crippen LogP contribution is -2.20. The number of nitrogens with zero attached hydrogens (tertiary/aromatic N) is 1. The van der Waals surface area contributed by atoms with E-state index in [1.165, 1.54) is 4.57 Å². The van der Waals surface area contributed by atoms with Gasteiger partial charge in [0.15, 0.2) is 0 Å². The van der Waals surface area contributed by atoms with Crippen LogP contribution in [0.1, 0.15) is 6.92 Å². The SMILES string of the molecule is CCOC(=O)Cn1c(=O)sc2cc(Oc3ccccc3)ccc21. The molecule has 3 rings (SSSR count). The molecular formula is C17H15NO4S. The van der Waals surface area contributed by atoms with E-state index < -0.39 is 5.97 Å². The summed E-state index contributed by atoms with van der Waals surface area (Å²) in [5.41, 5.74) is 0.702. The standard InChI is InChI=1S/C17H15NO4S/c1-2-21-16(19)11-18-14-9-8-13(10-15(14)23-17(18)20)22-12-6-4-3-5-7-12/h3-10H,2,11H2,1H3. The minimum atomic E-state index is -0.418. The fourth-order valence-corrected chi connectivity index (χ4v) is 3.14. The highest BCUT2D eigenvalue weighted by molar-refractivity contribution is 7.16. The van der Waals surface area contributed by atoms with Gasteiger partial charge in [-0.15, -0.1) is 0 Å². The molecule has 0 aliphatic rings. The van der Waals surface area contributed by atoms with E-state index >= 15 is 0 Å². The molecule has 0 radical (unpaired) electrons. The van der Waals surface area contributed by atoms with E-state index in [9.17, 15) is 9.59 Å². The molecule has 2 aromatic carbocycles. The van der Waals surface area contributed by atoms with Crippen LogP contribution in [0.4, 0.5) is 0 Å². The number of para-hydroxylation sites is 1. The van der Waals surface area contributed by atoms with Crippen molar-refractivity contribution in [2.75, 3.05) is 6.61 Å². The summed E-state index contributed by atoms with van der Waals surface area (Å²) in [6.45, 7) is 1.95. The predicted octanol–water partition coefficient (Wildman–Crippen LogP) is 3.42. The Kier molecular flexibility index (Phi) is 4.43. The van der Waals surface area contributed by atoms with Crippen molar-refractivity contribution in [2.24, 2.45) is 0 Å². The van der Waals surface area contributed by atoms with Gasteiger partial charge in [0.25, 0.3) is 0 Å². The van der Waals surface area contributed by atoms with Crippen LogP contribution in [-0.4, -0.2) is 17.1 Å². The van der Waals surface area contributed by atoms with Crippen LogP contribution >= 0.6 is 11.3 Å². The van der Waals surface area contributed by atoms with Gasteiger partial charge in [0.05, 0.1) is 16.8 Å². The fourth-order valence-electron chi connectivity index (χ4n) is 2.22. The average molecular weight is 329 g/mol. The molecule has 1 aromatic heterocycles. The molecule has 5 nitrogen and oxygen atoms in total. The largest absolute Gasteiger partial charge is 0.465 e. The molecule has 1 heterocycles. The van der Waals surface area contributed by atoms with Crippen molar-refractivity contribution >= 4 is 27.5 Å². The minimum absolute atomic E-state index is 0.0778. The molecule has 0 atom stereocenters. The van der Waals surface area contributed by atoms with Gasteiger partial charge in [-0.2, -0.15) is 0 Å². The number of fused-ring (bicyclic) bond motifs is 1. The minimum Gasteiger partial charge on any atom is -0.465 e. The van der Waals surface area contributed by atoms with Gasteiger partial charge in [0.2, 0.25) is 0 Å². The van der Waals surface area contributed by atoms with E-state index in [1.807, 2.05) is 30.3 Å². The van der Waals surface area contributed by atoms with Crippen LogP contribution in [0.25, 0.3) is 10.2 Å². The van der Waals surface area contributed by atoms with E-state index in [0.29, 0.717) is 17.9 Å². The van der Waals surface area contributed by atoms with E-state index in [-0.39, 0.29) is 11.4 Å². The molecular weight excluding hydrogens is 314 g/mol. The van der Waals surface area contributed by atoms with Gasteiger partial charge < -0.3 is 9.47 Å². The highest BCUT2D eigenvalue weighted by atomic mass is 32.1. The molecule has 0 aliphatic heterocycles. The zero-order valence-electron chi connectivity index (χ0n) is 12.5. The first-order valence-corrected chi connectivity index (χ1v) is 8.01. The third-order valence-corrected chi connectivity index (χ3v) is 4.15. The summed E-state index contributed by atoms with van der Waals surface area (Å²) in [5.74, 6) is 0.956. The quantitative estimate of drug-likeness (QED) is 0.673. The van der Waals surface area contributed by atoms with Crippen LogP contribution in [0.3, 0.4) is 0 Å². The summed E-state index contributed by atoms with van der Waals surface area (Å²) in [7, 11) is 0. The molecule has 0 amide bonds. The maximum Gasteiger partial charge on any atom is 0.326 e. The monoisotopic (exact) mass is 329 g/mol. The Morgan fingerprint density at radius 3 is 2.65 bits per heavy atom. The summed E-state index contributed by atoms with van der Waals surface area (Å²) in [6.07, 6.45) is 0. The van der Waals surface area contributed by atoms with Gasteiger partial charge in [0.1, 0.15) is 18.0 Å². The normalized spacial score (nSPS) is 10.7. The molecule has 0 saturated heterocycles. The Balaban J connectivity index is 1.90. The maximum atomic E-state index is 12.1. The smallest absolute Gasteiger partial charge is 0.326 e. The number of aromatic nitrogens is 1. The number of esters is 1. The number of thiazole rings is 1. The number of hydrogen-bond donors (Lipinski definition) is 0. The third kappa shape index (κ3) is 3.43. The van der Waals surface area contributed by atoms with Crippen LogP contribution < -0.4 is 9.61 Å². The molecule has 0 aliphatic carbocycles.